The van der Waals surface area contributed by atoms with Crippen molar-refractivity contribution in [3.8, 4) is 0 Å². The lowest BCUT2D eigenvalue weighted by Gasteiger charge is -2.21. The van der Waals surface area contributed by atoms with Gasteiger partial charge >= 0.3 is 12.2 Å². The van der Waals surface area contributed by atoms with Gasteiger partial charge in [0.15, 0.2) is 0 Å². The Kier molecular flexibility index (Phi) is 6.33. The molecule has 0 bridgehead atoms. The van der Waals surface area contributed by atoms with Crippen LogP contribution in [0.1, 0.15) is 24.6 Å². The fraction of sp³-hybridized carbons (Fsp3) is 0.429. The largest absolute Gasteiger partial charge is 0.465 e. The number of anilines is 2. The lowest BCUT2D eigenvalue weighted by molar-refractivity contribution is -0.119. The number of benzene rings is 1. The van der Waals surface area contributed by atoms with Gasteiger partial charge in [-0.3, -0.25) is 14.4 Å². The molecule has 12 heteroatoms. The van der Waals surface area contributed by atoms with Crippen LogP contribution >= 0.6 is 0 Å². The summed E-state index contributed by atoms with van der Waals surface area (Å²) in [5.41, 5.74) is 2.65. The van der Waals surface area contributed by atoms with Gasteiger partial charge in [0.1, 0.15) is 11.9 Å². The SMILES string of the molecule is CC(=O)NC[C@H]1CN(c2ccc(N3Cc4cn(CCCNC(=O)O)nc4C3)c(F)c2)C(=O)O1. The first-order chi connectivity index (χ1) is 15.8. The standard InChI is InChI=1S/C21H25FN6O5/c1-13(29)24-8-16-11-28(21(32)33-16)15-3-4-19(17(22)7-15)26-9-14-10-27(25-18(14)12-26)6-2-5-23-20(30)31/h3-4,7,10,16,23H,2,5-6,8-9,11-12H2,1H3,(H,24,29)(H,30,31)/t16-/m0/s1. The minimum absolute atomic E-state index is 0.205. The quantitative estimate of drug-likeness (QED) is 0.511. The average molecular weight is 460 g/mol. The number of halogens is 1. The average Bonchev–Trinajstić information content (AvgIpc) is 3.42. The molecule has 3 amide bonds. The number of nitrogens with zero attached hydrogens (tertiary/aromatic N) is 4. The number of aromatic nitrogens is 2. The van der Waals surface area contributed by atoms with Crippen LogP contribution in [0.25, 0.3) is 0 Å². The maximum atomic E-state index is 15.0. The minimum Gasteiger partial charge on any atom is -0.465 e. The lowest BCUT2D eigenvalue weighted by atomic mass is 10.2. The number of aryl methyl sites for hydroxylation is 1. The molecule has 2 aliphatic heterocycles. The van der Waals surface area contributed by atoms with Crippen molar-refractivity contribution in [3.05, 3.63) is 41.5 Å². The van der Waals surface area contributed by atoms with Crippen molar-refractivity contribution in [2.24, 2.45) is 0 Å². The second kappa shape index (κ2) is 9.35. The Morgan fingerprint density at radius 3 is 2.82 bits per heavy atom. The van der Waals surface area contributed by atoms with Gasteiger partial charge in [0, 0.05) is 38.3 Å². The summed E-state index contributed by atoms with van der Waals surface area (Å²) in [5, 5.41) is 18.0. The molecule has 3 N–H and O–H groups in total. The summed E-state index contributed by atoms with van der Waals surface area (Å²) < 4.78 is 22.0. The molecule has 0 radical (unpaired) electrons. The van der Waals surface area contributed by atoms with Crippen LogP contribution in [0.4, 0.5) is 25.4 Å². The van der Waals surface area contributed by atoms with Crippen LogP contribution in [-0.4, -0.2) is 58.7 Å². The number of carbonyl (C=O) groups excluding carboxylic acids is 2. The van der Waals surface area contributed by atoms with E-state index in [2.05, 4.69) is 15.7 Å². The first-order valence-corrected chi connectivity index (χ1v) is 10.6. The van der Waals surface area contributed by atoms with E-state index in [0.29, 0.717) is 44.0 Å². The van der Waals surface area contributed by atoms with Crippen molar-refractivity contribution >= 4 is 29.5 Å². The summed E-state index contributed by atoms with van der Waals surface area (Å²) in [6, 6.07) is 4.62. The predicted molar refractivity (Wildman–Crippen MR) is 115 cm³/mol. The van der Waals surface area contributed by atoms with E-state index < -0.39 is 24.1 Å². The number of carbonyl (C=O) groups is 3. The molecule has 1 aromatic heterocycles. The van der Waals surface area contributed by atoms with Gasteiger partial charge in [-0.25, -0.2) is 14.0 Å². The highest BCUT2D eigenvalue weighted by Crippen LogP contribution is 2.32. The van der Waals surface area contributed by atoms with Crippen LogP contribution in [0.2, 0.25) is 0 Å². The van der Waals surface area contributed by atoms with Gasteiger partial charge in [-0.2, -0.15) is 5.10 Å². The molecular formula is C21H25FN6O5. The third-order valence-corrected chi connectivity index (χ3v) is 5.50. The van der Waals surface area contributed by atoms with Crippen molar-refractivity contribution in [1.29, 1.82) is 0 Å². The maximum Gasteiger partial charge on any atom is 0.414 e. The molecule has 2 aromatic rings. The molecule has 4 rings (SSSR count). The van der Waals surface area contributed by atoms with Crippen LogP contribution in [0.3, 0.4) is 0 Å². The van der Waals surface area contributed by atoms with Gasteiger partial charge in [0.2, 0.25) is 5.91 Å². The first kappa shape index (κ1) is 22.4. The van der Waals surface area contributed by atoms with Gasteiger partial charge in [-0.15, -0.1) is 0 Å². The normalized spacial score (nSPS) is 17.2. The molecule has 0 unspecified atom stereocenters. The zero-order valence-electron chi connectivity index (χ0n) is 18.1. The Labute approximate surface area is 189 Å². The summed E-state index contributed by atoms with van der Waals surface area (Å²) in [6.07, 6.45) is 0.407. The maximum absolute atomic E-state index is 15.0. The third-order valence-electron chi connectivity index (χ3n) is 5.50. The molecule has 0 saturated carbocycles. The highest BCUT2D eigenvalue weighted by molar-refractivity contribution is 5.90. The molecule has 0 aliphatic carbocycles. The Balaban J connectivity index is 1.35. The van der Waals surface area contributed by atoms with E-state index in [1.807, 2.05) is 11.1 Å². The zero-order chi connectivity index (χ0) is 23.5. The lowest BCUT2D eigenvalue weighted by Crippen LogP contribution is -2.33. The summed E-state index contributed by atoms with van der Waals surface area (Å²) in [6.45, 7) is 3.71. The van der Waals surface area contributed by atoms with Gasteiger partial charge in [0.25, 0.3) is 0 Å². The number of ether oxygens (including phenoxy) is 1. The van der Waals surface area contributed by atoms with E-state index in [9.17, 15) is 18.8 Å². The number of fused-ring (bicyclic) bond motifs is 1. The number of nitrogens with one attached hydrogen (secondary N) is 2. The summed E-state index contributed by atoms with van der Waals surface area (Å²) in [5.74, 6) is -0.670. The second-order valence-corrected chi connectivity index (χ2v) is 7.99. The van der Waals surface area contributed by atoms with Gasteiger partial charge in [0.05, 0.1) is 36.7 Å². The fourth-order valence-corrected chi connectivity index (χ4v) is 3.95. The van der Waals surface area contributed by atoms with Crippen LogP contribution < -0.4 is 20.4 Å². The molecule has 2 aliphatic rings. The van der Waals surface area contributed by atoms with Gasteiger partial charge in [-0.05, 0) is 24.6 Å². The molecule has 0 spiro atoms. The van der Waals surface area contributed by atoms with Gasteiger partial charge in [-0.1, -0.05) is 0 Å². The topological polar surface area (TPSA) is 129 Å². The van der Waals surface area contributed by atoms with Crippen LogP contribution in [0, 0.1) is 5.82 Å². The van der Waals surface area contributed by atoms with E-state index in [1.54, 1.807) is 16.8 Å². The van der Waals surface area contributed by atoms with Crippen molar-refractivity contribution in [2.75, 3.05) is 29.4 Å². The van der Waals surface area contributed by atoms with Crippen LogP contribution in [-0.2, 0) is 29.2 Å². The number of cyclic esters (lactones) is 1. The molecule has 1 atom stereocenters. The molecule has 1 aromatic carbocycles. The Hall–Kier alpha value is -3.83. The Morgan fingerprint density at radius 2 is 2.12 bits per heavy atom. The highest BCUT2D eigenvalue weighted by Gasteiger charge is 2.33. The smallest absolute Gasteiger partial charge is 0.414 e. The number of hydrogen-bond donors (Lipinski definition) is 3. The number of carboxylic acid groups (broad SMARTS) is 1. The molecule has 33 heavy (non-hydrogen) atoms. The van der Waals surface area contributed by atoms with Crippen molar-refractivity contribution in [1.82, 2.24) is 20.4 Å². The molecule has 1 saturated heterocycles. The van der Waals surface area contributed by atoms with E-state index in [4.69, 9.17) is 9.84 Å². The summed E-state index contributed by atoms with van der Waals surface area (Å²) >= 11 is 0. The highest BCUT2D eigenvalue weighted by atomic mass is 19.1. The van der Waals surface area contributed by atoms with E-state index in [1.165, 1.54) is 17.9 Å². The molecular weight excluding hydrogens is 435 g/mol. The first-order valence-electron chi connectivity index (χ1n) is 10.6. The fourth-order valence-electron chi connectivity index (χ4n) is 3.95. The molecule has 11 nitrogen and oxygen atoms in total. The van der Waals surface area contributed by atoms with Crippen molar-refractivity contribution in [2.45, 2.75) is 39.1 Å². The van der Waals surface area contributed by atoms with Crippen molar-refractivity contribution in [3.63, 3.8) is 0 Å². The Morgan fingerprint density at radius 1 is 1.30 bits per heavy atom. The monoisotopic (exact) mass is 460 g/mol. The van der Waals surface area contributed by atoms with Gasteiger partial charge < -0.3 is 25.4 Å². The van der Waals surface area contributed by atoms with E-state index in [0.717, 1.165) is 11.3 Å². The number of rotatable bonds is 8. The molecule has 1 fully saturated rings. The van der Waals surface area contributed by atoms with Crippen LogP contribution in [0.15, 0.2) is 24.4 Å². The summed E-state index contributed by atoms with van der Waals surface area (Å²) in [7, 11) is 0. The number of hydrogen-bond acceptors (Lipinski definition) is 6. The molecule has 176 valence electrons. The third kappa shape index (κ3) is 5.16. The second-order valence-electron chi connectivity index (χ2n) is 7.99. The Bertz CT molecular complexity index is 1050. The molecule has 3 heterocycles. The van der Waals surface area contributed by atoms with E-state index in [-0.39, 0.29) is 19.0 Å². The summed E-state index contributed by atoms with van der Waals surface area (Å²) in [4.78, 5) is 36.9. The predicted octanol–water partition coefficient (Wildman–Crippen LogP) is 1.66. The van der Waals surface area contributed by atoms with Crippen molar-refractivity contribution < 1.29 is 28.6 Å². The van der Waals surface area contributed by atoms with E-state index >= 15 is 0 Å². The number of amides is 3. The van der Waals surface area contributed by atoms with Crippen LogP contribution in [0.5, 0.6) is 0 Å². The minimum atomic E-state index is -1.05. The zero-order valence-corrected chi connectivity index (χ0v) is 18.1.